The van der Waals surface area contributed by atoms with Crippen LogP contribution in [0.3, 0.4) is 0 Å². The fourth-order valence-electron chi connectivity index (χ4n) is 2.94. The molecular formula is C20H21ClN4O4S. The monoisotopic (exact) mass is 448 g/mol. The highest BCUT2D eigenvalue weighted by Crippen LogP contribution is 2.28. The Morgan fingerprint density at radius 2 is 1.87 bits per heavy atom. The lowest BCUT2D eigenvalue weighted by Gasteiger charge is -2.19. The number of anilines is 1. The summed E-state index contributed by atoms with van der Waals surface area (Å²) in [7, 11) is -3.82. The van der Waals surface area contributed by atoms with E-state index in [0.717, 1.165) is 0 Å². The molecule has 0 aliphatic carbocycles. The van der Waals surface area contributed by atoms with Gasteiger partial charge in [-0.25, -0.2) is 8.42 Å². The molecule has 0 unspecified atom stereocenters. The number of sulfonamides is 1. The van der Waals surface area contributed by atoms with Gasteiger partial charge in [0.2, 0.25) is 21.7 Å². The number of carbonyl (C=O) groups excluding carboxylic acids is 1. The first-order chi connectivity index (χ1) is 14.3. The fourth-order valence-corrected chi connectivity index (χ4v) is 4.89. The number of nitrogens with zero attached hydrogens (tertiary/aromatic N) is 3. The summed E-state index contributed by atoms with van der Waals surface area (Å²) in [4.78, 5) is 17.0. The van der Waals surface area contributed by atoms with Gasteiger partial charge in [-0.1, -0.05) is 42.7 Å². The maximum absolute atomic E-state index is 12.9. The Bertz CT molecular complexity index is 1170. The highest BCUT2D eigenvalue weighted by atomic mass is 35.5. The van der Waals surface area contributed by atoms with Crippen LogP contribution in [0.25, 0.3) is 11.4 Å². The highest BCUT2D eigenvalue weighted by Gasteiger charge is 2.26. The Morgan fingerprint density at radius 3 is 2.50 bits per heavy atom. The number of para-hydroxylation sites is 1. The van der Waals surface area contributed by atoms with Crippen molar-refractivity contribution in [2.45, 2.75) is 25.7 Å². The van der Waals surface area contributed by atoms with Gasteiger partial charge in [-0.05, 0) is 30.3 Å². The van der Waals surface area contributed by atoms with Gasteiger partial charge in [0.1, 0.15) is 4.90 Å². The van der Waals surface area contributed by atoms with E-state index in [1.165, 1.54) is 22.5 Å². The summed E-state index contributed by atoms with van der Waals surface area (Å²) in [6, 6.07) is 11.1. The normalized spacial score (nSPS) is 11.6. The van der Waals surface area contributed by atoms with Gasteiger partial charge >= 0.3 is 0 Å². The van der Waals surface area contributed by atoms with Crippen LogP contribution in [0.5, 0.6) is 0 Å². The van der Waals surface area contributed by atoms with Gasteiger partial charge in [0.15, 0.2) is 0 Å². The second-order valence-electron chi connectivity index (χ2n) is 6.37. The zero-order valence-corrected chi connectivity index (χ0v) is 18.3. The molecule has 0 fully saturated rings. The molecule has 0 saturated heterocycles. The van der Waals surface area contributed by atoms with Crippen molar-refractivity contribution in [1.82, 2.24) is 14.4 Å². The molecule has 1 N–H and O–H groups in total. The number of hydrogen-bond donors (Lipinski definition) is 1. The summed E-state index contributed by atoms with van der Waals surface area (Å²) >= 11 is 6.15. The zero-order chi connectivity index (χ0) is 21.9. The smallest absolute Gasteiger partial charge is 0.255 e. The quantitative estimate of drug-likeness (QED) is 0.586. The molecule has 1 heterocycles. The van der Waals surface area contributed by atoms with E-state index in [1.54, 1.807) is 45.0 Å². The molecule has 1 amide bonds. The second kappa shape index (κ2) is 8.95. The summed E-state index contributed by atoms with van der Waals surface area (Å²) in [5.74, 6) is 0.245. The number of nitrogens with one attached hydrogen (secondary N) is 1. The number of amides is 1. The topological polar surface area (TPSA) is 105 Å². The average molecular weight is 449 g/mol. The molecule has 3 aromatic rings. The summed E-state index contributed by atoms with van der Waals surface area (Å²) in [5.41, 5.74) is 1.20. The molecule has 0 saturated carbocycles. The van der Waals surface area contributed by atoms with Crippen molar-refractivity contribution in [3.63, 3.8) is 0 Å². The van der Waals surface area contributed by atoms with Crippen molar-refractivity contribution >= 4 is 33.2 Å². The molecule has 0 radical (unpaired) electrons. The van der Waals surface area contributed by atoms with Crippen LogP contribution >= 0.6 is 11.6 Å². The third-order valence-electron chi connectivity index (χ3n) is 4.46. The van der Waals surface area contributed by atoms with E-state index in [2.05, 4.69) is 15.5 Å². The summed E-state index contributed by atoms with van der Waals surface area (Å²) in [6.07, 6.45) is 0. The second-order valence-corrected chi connectivity index (χ2v) is 8.68. The van der Waals surface area contributed by atoms with Crippen LogP contribution in [0.4, 0.5) is 5.69 Å². The number of benzene rings is 2. The number of halogens is 1. The Morgan fingerprint density at radius 1 is 1.17 bits per heavy atom. The lowest BCUT2D eigenvalue weighted by Crippen LogP contribution is -2.31. The lowest BCUT2D eigenvalue weighted by molar-refractivity contribution is 0.102. The van der Waals surface area contributed by atoms with Crippen molar-refractivity contribution in [1.29, 1.82) is 0 Å². The molecule has 2 aromatic carbocycles. The number of carbonyl (C=O) groups is 1. The van der Waals surface area contributed by atoms with Gasteiger partial charge < -0.3 is 9.84 Å². The minimum Gasteiger partial charge on any atom is -0.339 e. The van der Waals surface area contributed by atoms with Crippen LogP contribution in [-0.4, -0.2) is 41.9 Å². The molecule has 0 atom stereocenters. The molecule has 0 bridgehead atoms. The molecule has 0 spiro atoms. The molecule has 0 aliphatic rings. The van der Waals surface area contributed by atoms with Gasteiger partial charge in [-0.15, -0.1) is 0 Å². The van der Waals surface area contributed by atoms with Crippen LogP contribution in [0.2, 0.25) is 5.02 Å². The predicted octanol–water partition coefficient (Wildman–Crippen LogP) is 3.98. The molecular weight excluding hydrogens is 428 g/mol. The SMILES string of the molecule is CCN(CC)S(=O)(=O)c1cc(C(=O)Nc2ccccc2-c2noc(C)n2)ccc1Cl. The molecule has 0 aliphatic heterocycles. The molecule has 30 heavy (non-hydrogen) atoms. The van der Waals surface area contributed by atoms with Gasteiger partial charge in [-0.3, -0.25) is 4.79 Å². The van der Waals surface area contributed by atoms with E-state index < -0.39 is 15.9 Å². The maximum atomic E-state index is 12.9. The Kier molecular flexibility index (Phi) is 6.55. The van der Waals surface area contributed by atoms with Crippen molar-refractivity contribution < 1.29 is 17.7 Å². The summed E-state index contributed by atoms with van der Waals surface area (Å²) < 4.78 is 32.0. The predicted molar refractivity (Wildman–Crippen MR) is 114 cm³/mol. The number of rotatable bonds is 7. The number of hydrogen-bond acceptors (Lipinski definition) is 6. The third kappa shape index (κ3) is 4.38. The zero-order valence-electron chi connectivity index (χ0n) is 16.7. The van der Waals surface area contributed by atoms with Crippen LogP contribution in [0.15, 0.2) is 51.9 Å². The standard InChI is InChI=1S/C20H21ClN4O4S/c1-4-25(5-2)30(27,28)18-12-14(10-11-16(18)21)20(26)23-17-9-7-6-8-15(17)19-22-13(3)29-24-19/h6-12H,4-5H2,1-3H3,(H,23,26). The largest absolute Gasteiger partial charge is 0.339 e. The first kappa shape index (κ1) is 21.9. The lowest BCUT2D eigenvalue weighted by atomic mass is 10.1. The Hall–Kier alpha value is -2.75. The molecule has 158 valence electrons. The van der Waals surface area contributed by atoms with E-state index in [9.17, 15) is 13.2 Å². The van der Waals surface area contributed by atoms with Crippen LogP contribution in [-0.2, 0) is 10.0 Å². The van der Waals surface area contributed by atoms with Crippen LogP contribution < -0.4 is 5.32 Å². The van der Waals surface area contributed by atoms with E-state index in [0.29, 0.717) is 36.1 Å². The maximum Gasteiger partial charge on any atom is 0.255 e. The van der Waals surface area contributed by atoms with Crippen molar-refractivity contribution in [3.05, 3.63) is 58.9 Å². The van der Waals surface area contributed by atoms with Gasteiger partial charge in [0.25, 0.3) is 5.91 Å². The highest BCUT2D eigenvalue weighted by molar-refractivity contribution is 7.89. The molecule has 8 nitrogen and oxygen atoms in total. The summed E-state index contributed by atoms with van der Waals surface area (Å²) in [6.45, 7) is 5.74. The molecule has 10 heteroatoms. The fraction of sp³-hybridized carbons (Fsp3) is 0.250. The van der Waals surface area contributed by atoms with Crippen molar-refractivity contribution in [2.24, 2.45) is 0 Å². The first-order valence-electron chi connectivity index (χ1n) is 9.28. The van der Waals surface area contributed by atoms with E-state index >= 15 is 0 Å². The van der Waals surface area contributed by atoms with Gasteiger partial charge in [0.05, 0.1) is 10.7 Å². The number of aromatic nitrogens is 2. The Labute approximate surface area is 179 Å². The third-order valence-corrected chi connectivity index (χ3v) is 6.99. The van der Waals surface area contributed by atoms with E-state index in [4.69, 9.17) is 16.1 Å². The minimum absolute atomic E-state index is 0.0566. The molecule has 1 aromatic heterocycles. The minimum atomic E-state index is -3.82. The van der Waals surface area contributed by atoms with Crippen molar-refractivity contribution in [3.8, 4) is 11.4 Å². The number of aryl methyl sites for hydroxylation is 1. The van der Waals surface area contributed by atoms with Gasteiger partial charge in [0, 0.05) is 31.1 Å². The molecule has 3 rings (SSSR count). The van der Waals surface area contributed by atoms with E-state index in [1.807, 2.05) is 0 Å². The Balaban J connectivity index is 1.95. The van der Waals surface area contributed by atoms with Crippen molar-refractivity contribution in [2.75, 3.05) is 18.4 Å². The van der Waals surface area contributed by atoms with E-state index in [-0.39, 0.29) is 15.5 Å². The average Bonchev–Trinajstić information content (AvgIpc) is 3.15. The summed E-state index contributed by atoms with van der Waals surface area (Å²) in [5, 5.41) is 6.72. The van der Waals surface area contributed by atoms with Crippen LogP contribution in [0, 0.1) is 6.92 Å². The van der Waals surface area contributed by atoms with Crippen LogP contribution in [0.1, 0.15) is 30.1 Å². The first-order valence-corrected chi connectivity index (χ1v) is 11.1. The van der Waals surface area contributed by atoms with Gasteiger partial charge in [-0.2, -0.15) is 9.29 Å².